The highest BCUT2D eigenvalue weighted by Gasteiger charge is 2.35. The Bertz CT molecular complexity index is 1140. The average molecular weight is 438 g/mol. The van der Waals surface area contributed by atoms with E-state index in [0.29, 0.717) is 24.5 Å². The molecule has 1 aromatic carbocycles. The number of fused-ring (bicyclic) bond motifs is 1. The van der Waals surface area contributed by atoms with E-state index in [4.69, 9.17) is 15.0 Å². The number of aromatic nitrogens is 3. The lowest BCUT2D eigenvalue weighted by Crippen LogP contribution is -2.41. The summed E-state index contributed by atoms with van der Waals surface area (Å²) in [5, 5.41) is 17.0. The van der Waals surface area contributed by atoms with Crippen molar-refractivity contribution in [2.45, 2.75) is 31.4 Å². The van der Waals surface area contributed by atoms with Crippen LogP contribution in [0.4, 0.5) is 14.6 Å². The Morgan fingerprint density at radius 2 is 2.00 bits per heavy atom. The smallest absolute Gasteiger partial charge is 0.251 e. The number of morpholine rings is 1. The van der Waals surface area contributed by atoms with Crippen molar-refractivity contribution >= 4 is 16.9 Å². The van der Waals surface area contributed by atoms with Crippen molar-refractivity contribution in [2.75, 3.05) is 37.7 Å². The van der Waals surface area contributed by atoms with Gasteiger partial charge in [0.2, 0.25) is 0 Å². The maximum atomic E-state index is 13.8. The summed E-state index contributed by atoms with van der Waals surface area (Å²) < 4.78 is 35.3. The summed E-state index contributed by atoms with van der Waals surface area (Å²) in [6.07, 6.45) is 1.36. The summed E-state index contributed by atoms with van der Waals surface area (Å²) >= 11 is 0. The largest absolute Gasteiger partial charge is 0.374 e. The van der Waals surface area contributed by atoms with Gasteiger partial charge in [-0.25, -0.2) is 13.8 Å². The zero-order chi connectivity index (χ0) is 22.1. The van der Waals surface area contributed by atoms with Gasteiger partial charge >= 0.3 is 0 Å². The number of benzene rings is 1. The number of piperidine rings is 1. The van der Waals surface area contributed by atoms with Gasteiger partial charge in [0.15, 0.2) is 0 Å². The summed E-state index contributed by atoms with van der Waals surface area (Å²) in [5.41, 5.74) is 3.88. The number of anilines is 1. The maximum Gasteiger partial charge on any atom is 0.251 e. The van der Waals surface area contributed by atoms with Gasteiger partial charge in [0, 0.05) is 44.6 Å². The van der Waals surface area contributed by atoms with Gasteiger partial charge in [-0.15, -0.1) is 0 Å². The number of pyridine rings is 1. The minimum absolute atomic E-state index is 0.0224. The Morgan fingerprint density at radius 3 is 2.69 bits per heavy atom. The molecule has 9 heteroatoms. The third-order valence-corrected chi connectivity index (χ3v) is 6.11. The highest BCUT2D eigenvalue weighted by atomic mass is 19.3. The van der Waals surface area contributed by atoms with Crippen LogP contribution < -0.4 is 10.2 Å². The van der Waals surface area contributed by atoms with Crippen LogP contribution >= 0.6 is 0 Å². The SMILES string of the molecule is N#Cc1ccc(-c2cc3c(cnn3C[C@@H]3CNCCO3)nc2N2CCC(F)(F)CC2)cc1. The molecule has 1 N–H and O–H groups in total. The molecule has 32 heavy (non-hydrogen) atoms. The zero-order valence-electron chi connectivity index (χ0n) is 17.6. The Kier molecular flexibility index (Phi) is 5.49. The molecule has 0 amide bonds. The van der Waals surface area contributed by atoms with Gasteiger partial charge in [0.25, 0.3) is 5.92 Å². The molecule has 2 saturated heterocycles. The molecule has 0 spiro atoms. The minimum Gasteiger partial charge on any atom is -0.374 e. The predicted octanol–water partition coefficient (Wildman–Crippen LogP) is 3.19. The van der Waals surface area contributed by atoms with Gasteiger partial charge in [0.1, 0.15) is 11.3 Å². The fourth-order valence-electron chi connectivity index (χ4n) is 4.29. The number of alkyl halides is 2. The number of rotatable bonds is 4. The van der Waals surface area contributed by atoms with Gasteiger partial charge < -0.3 is 15.0 Å². The lowest BCUT2D eigenvalue weighted by molar-refractivity contribution is -0.0221. The fourth-order valence-corrected chi connectivity index (χ4v) is 4.29. The molecule has 0 bridgehead atoms. The van der Waals surface area contributed by atoms with E-state index in [0.717, 1.165) is 35.2 Å². The molecule has 166 valence electrons. The quantitative estimate of drug-likeness (QED) is 0.674. The van der Waals surface area contributed by atoms with Crippen LogP contribution in [0.3, 0.4) is 0 Å². The average Bonchev–Trinajstić information content (AvgIpc) is 3.20. The van der Waals surface area contributed by atoms with Gasteiger partial charge in [-0.3, -0.25) is 4.68 Å². The molecule has 3 aromatic rings. The number of hydrogen-bond acceptors (Lipinski definition) is 6. The van der Waals surface area contributed by atoms with Crippen LogP contribution in [0.5, 0.6) is 0 Å². The first kappa shape index (κ1) is 20.8. The van der Waals surface area contributed by atoms with Crippen molar-refractivity contribution < 1.29 is 13.5 Å². The molecular formula is C23H24F2N6O. The molecule has 0 unspecified atom stereocenters. The number of hydrogen-bond donors (Lipinski definition) is 1. The third-order valence-electron chi connectivity index (χ3n) is 6.11. The lowest BCUT2D eigenvalue weighted by atomic mass is 10.0. The first-order valence-electron chi connectivity index (χ1n) is 10.8. The number of nitrogens with zero attached hydrogens (tertiary/aromatic N) is 5. The van der Waals surface area contributed by atoms with Crippen LogP contribution in [-0.4, -0.2) is 59.6 Å². The first-order chi connectivity index (χ1) is 15.5. The van der Waals surface area contributed by atoms with E-state index in [1.54, 1.807) is 18.3 Å². The van der Waals surface area contributed by atoms with Crippen molar-refractivity contribution in [1.29, 1.82) is 5.26 Å². The summed E-state index contributed by atoms with van der Waals surface area (Å²) in [5.74, 6) is -1.96. The van der Waals surface area contributed by atoms with Crippen LogP contribution in [0, 0.1) is 11.3 Å². The van der Waals surface area contributed by atoms with Crippen LogP contribution in [0.1, 0.15) is 18.4 Å². The van der Waals surface area contributed by atoms with E-state index < -0.39 is 5.92 Å². The van der Waals surface area contributed by atoms with Gasteiger partial charge in [-0.05, 0) is 23.8 Å². The van der Waals surface area contributed by atoms with Crippen molar-refractivity contribution in [3.63, 3.8) is 0 Å². The Hall–Kier alpha value is -3.09. The third kappa shape index (κ3) is 4.16. The van der Waals surface area contributed by atoms with E-state index in [1.165, 1.54) is 0 Å². The molecule has 0 aliphatic carbocycles. The standard InChI is InChI=1S/C23H24F2N6O/c24-23(25)5-8-30(9-6-23)22-19(17-3-1-16(12-26)2-4-17)11-21-20(29-22)14-28-31(21)15-18-13-27-7-10-32-18/h1-4,11,14,18,27H,5-10,13,15H2/t18-/m0/s1. The van der Waals surface area contributed by atoms with Crippen molar-refractivity contribution in [3.8, 4) is 17.2 Å². The first-order valence-corrected chi connectivity index (χ1v) is 10.8. The van der Waals surface area contributed by atoms with E-state index in [9.17, 15) is 8.78 Å². The molecular weight excluding hydrogens is 414 g/mol. The summed E-state index contributed by atoms with van der Waals surface area (Å²) in [6, 6.07) is 11.4. The van der Waals surface area contributed by atoms with Gasteiger partial charge in [0.05, 0.1) is 42.6 Å². The van der Waals surface area contributed by atoms with E-state index in [1.807, 2.05) is 27.8 Å². The minimum atomic E-state index is -2.63. The summed E-state index contributed by atoms with van der Waals surface area (Å²) in [7, 11) is 0. The molecule has 2 fully saturated rings. The highest BCUT2D eigenvalue weighted by molar-refractivity contribution is 5.88. The molecule has 2 aliphatic heterocycles. The molecule has 7 nitrogen and oxygen atoms in total. The molecule has 2 aromatic heterocycles. The maximum absolute atomic E-state index is 13.8. The fraction of sp³-hybridized carbons (Fsp3) is 0.435. The van der Waals surface area contributed by atoms with Crippen LogP contribution in [-0.2, 0) is 11.3 Å². The van der Waals surface area contributed by atoms with Crippen molar-refractivity contribution in [2.24, 2.45) is 0 Å². The monoisotopic (exact) mass is 438 g/mol. The molecule has 1 atom stereocenters. The van der Waals surface area contributed by atoms with Crippen molar-refractivity contribution in [1.82, 2.24) is 20.1 Å². The van der Waals surface area contributed by atoms with Crippen LogP contribution in [0.25, 0.3) is 22.2 Å². The second kappa shape index (κ2) is 8.45. The number of halogens is 2. The number of nitriles is 1. The number of nitrogens with one attached hydrogen (secondary N) is 1. The molecule has 4 heterocycles. The van der Waals surface area contributed by atoms with E-state index >= 15 is 0 Å². The summed E-state index contributed by atoms with van der Waals surface area (Å²) in [6.45, 7) is 3.36. The Morgan fingerprint density at radius 1 is 1.22 bits per heavy atom. The van der Waals surface area contributed by atoms with Gasteiger partial charge in [-0.1, -0.05) is 12.1 Å². The topological polar surface area (TPSA) is 79.0 Å². The highest BCUT2D eigenvalue weighted by Crippen LogP contribution is 2.36. The molecule has 0 radical (unpaired) electrons. The molecule has 0 saturated carbocycles. The van der Waals surface area contributed by atoms with Crippen LogP contribution in [0.15, 0.2) is 36.5 Å². The molecule has 2 aliphatic rings. The van der Waals surface area contributed by atoms with Crippen LogP contribution in [0.2, 0.25) is 0 Å². The second-order valence-electron chi connectivity index (χ2n) is 8.32. The van der Waals surface area contributed by atoms with Gasteiger partial charge in [-0.2, -0.15) is 10.4 Å². The number of ether oxygens (including phenoxy) is 1. The van der Waals surface area contributed by atoms with E-state index in [-0.39, 0.29) is 32.0 Å². The zero-order valence-corrected chi connectivity index (χ0v) is 17.6. The van der Waals surface area contributed by atoms with E-state index in [2.05, 4.69) is 16.5 Å². The van der Waals surface area contributed by atoms with Crippen molar-refractivity contribution in [3.05, 3.63) is 42.1 Å². The summed E-state index contributed by atoms with van der Waals surface area (Å²) in [4.78, 5) is 6.78. The molecule has 5 rings (SSSR count). The predicted molar refractivity (Wildman–Crippen MR) is 117 cm³/mol. The Labute approximate surface area is 184 Å². The normalized spacial score (nSPS) is 20.9. The lowest BCUT2D eigenvalue weighted by Gasteiger charge is -2.33. The second-order valence-corrected chi connectivity index (χ2v) is 8.32. The Balaban J connectivity index is 1.55.